The molecular weight excluding hydrogens is 290 g/mol. The number of nitrogens with one attached hydrogen (secondary N) is 1. The lowest BCUT2D eigenvalue weighted by Gasteiger charge is -2.13. The molecule has 2 N–H and O–H groups in total. The zero-order valence-corrected chi connectivity index (χ0v) is 11.9. The third-order valence-corrected chi connectivity index (χ3v) is 2.54. The molecule has 0 heterocycles. The van der Waals surface area contributed by atoms with E-state index in [2.05, 4.69) is 16.6 Å². The van der Waals surface area contributed by atoms with Crippen LogP contribution in [0.4, 0.5) is 4.79 Å². The molecule has 22 heavy (non-hydrogen) atoms. The largest absolute Gasteiger partial charge is 0.480 e. The first kappa shape index (κ1) is 17.2. The summed E-state index contributed by atoms with van der Waals surface area (Å²) < 4.78 is 9.56. The number of carboxylic acids is 1. The summed E-state index contributed by atoms with van der Waals surface area (Å²) in [6.07, 6.45) is -0.0634. The predicted octanol–water partition coefficient (Wildman–Crippen LogP) is 1.49. The van der Waals surface area contributed by atoms with Crippen LogP contribution >= 0.6 is 0 Å². The van der Waals surface area contributed by atoms with Crippen molar-refractivity contribution in [3.8, 4) is 0 Å². The average molecular weight is 307 g/mol. The zero-order chi connectivity index (χ0) is 16.4. The molecule has 1 aromatic carbocycles. The van der Waals surface area contributed by atoms with E-state index in [1.807, 2.05) is 6.07 Å². The Kier molecular flexibility index (Phi) is 7.18. The number of amides is 1. The molecule has 0 saturated heterocycles. The number of alkyl carbamates (subject to hydrolysis) is 1. The summed E-state index contributed by atoms with van der Waals surface area (Å²) in [7, 11) is 0. The van der Waals surface area contributed by atoms with Crippen LogP contribution in [0.1, 0.15) is 12.0 Å². The van der Waals surface area contributed by atoms with Crippen molar-refractivity contribution < 1.29 is 29.0 Å². The van der Waals surface area contributed by atoms with Crippen LogP contribution in [-0.4, -0.2) is 35.8 Å². The van der Waals surface area contributed by atoms with Crippen molar-refractivity contribution in [2.45, 2.75) is 19.1 Å². The number of hydrogen-bond acceptors (Lipinski definition) is 5. The van der Waals surface area contributed by atoms with E-state index < -0.39 is 30.5 Å². The van der Waals surface area contributed by atoms with Crippen LogP contribution in [0.2, 0.25) is 0 Å². The van der Waals surface area contributed by atoms with Gasteiger partial charge < -0.3 is 19.9 Å². The number of ether oxygens (including phenoxy) is 2. The maximum Gasteiger partial charge on any atom is 0.408 e. The summed E-state index contributed by atoms with van der Waals surface area (Å²) >= 11 is 0. The first-order valence-electron chi connectivity index (χ1n) is 6.49. The highest BCUT2D eigenvalue weighted by Crippen LogP contribution is 2.02. The van der Waals surface area contributed by atoms with Crippen molar-refractivity contribution in [2.75, 3.05) is 6.61 Å². The third-order valence-electron chi connectivity index (χ3n) is 2.54. The van der Waals surface area contributed by atoms with Gasteiger partial charge in [-0.25, -0.2) is 9.59 Å². The molecule has 1 atom stereocenters. The fraction of sp³-hybridized carbons (Fsp3) is 0.267. The van der Waals surface area contributed by atoms with E-state index in [0.29, 0.717) is 0 Å². The molecule has 0 saturated carbocycles. The average Bonchev–Trinajstić information content (AvgIpc) is 2.51. The van der Waals surface area contributed by atoms with Crippen LogP contribution < -0.4 is 5.32 Å². The summed E-state index contributed by atoms with van der Waals surface area (Å²) in [6.45, 7) is 3.34. The predicted molar refractivity (Wildman–Crippen MR) is 77.0 cm³/mol. The molecule has 7 heteroatoms. The van der Waals surface area contributed by atoms with E-state index in [9.17, 15) is 14.4 Å². The second-order valence-electron chi connectivity index (χ2n) is 4.27. The van der Waals surface area contributed by atoms with Crippen molar-refractivity contribution in [3.63, 3.8) is 0 Å². The molecule has 1 amide bonds. The summed E-state index contributed by atoms with van der Waals surface area (Å²) in [5, 5.41) is 11.1. The molecule has 0 aliphatic rings. The highest BCUT2D eigenvalue weighted by Gasteiger charge is 2.24. The first-order chi connectivity index (χ1) is 10.5. The van der Waals surface area contributed by atoms with E-state index in [1.165, 1.54) is 6.08 Å². The maximum absolute atomic E-state index is 11.6. The minimum atomic E-state index is -1.42. The normalized spacial score (nSPS) is 11.1. The van der Waals surface area contributed by atoms with Crippen LogP contribution in [0.5, 0.6) is 0 Å². The maximum atomic E-state index is 11.6. The number of aliphatic carboxylic acids is 1. The molecule has 7 nitrogen and oxygen atoms in total. The second-order valence-corrected chi connectivity index (χ2v) is 4.27. The van der Waals surface area contributed by atoms with E-state index in [0.717, 1.165) is 5.56 Å². The van der Waals surface area contributed by atoms with Crippen LogP contribution in [0.3, 0.4) is 0 Å². The molecule has 0 radical (unpaired) electrons. The van der Waals surface area contributed by atoms with Gasteiger partial charge in [-0.15, -0.1) is 0 Å². The van der Waals surface area contributed by atoms with Gasteiger partial charge in [0.05, 0.1) is 6.42 Å². The van der Waals surface area contributed by atoms with Crippen molar-refractivity contribution in [1.29, 1.82) is 0 Å². The van der Waals surface area contributed by atoms with E-state index in [-0.39, 0.29) is 13.2 Å². The number of hydrogen-bond donors (Lipinski definition) is 2. The zero-order valence-electron chi connectivity index (χ0n) is 11.9. The minimum absolute atomic E-state index is 0.0000764. The van der Waals surface area contributed by atoms with Crippen molar-refractivity contribution in [3.05, 3.63) is 48.6 Å². The fourth-order valence-electron chi connectivity index (χ4n) is 1.48. The molecule has 0 bridgehead atoms. The number of carbonyl (C=O) groups excluding carboxylic acids is 2. The van der Waals surface area contributed by atoms with Gasteiger partial charge in [-0.2, -0.15) is 0 Å². The Morgan fingerprint density at radius 2 is 1.91 bits per heavy atom. The van der Waals surface area contributed by atoms with Crippen molar-refractivity contribution >= 4 is 18.0 Å². The van der Waals surface area contributed by atoms with Gasteiger partial charge in [-0.05, 0) is 5.56 Å². The lowest BCUT2D eigenvalue weighted by atomic mass is 10.2. The third kappa shape index (κ3) is 6.56. The number of benzene rings is 1. The molecule has 0 spiro atoms. The highest BCUT2D eigenvalue weighted by atomic mass is 16.5. The molecule has 0 fully saturated rings. The van der Waals surface area contributed by atoms with E-state index in [4.69, 9.17) is 9.84 Å². The SMILES string of the molecule is C=CCOC(=O)C[C@H](NC(=O)OCc1ccccc1)C(=O)O. The lowest BCUT2D eigenvalue weighted by molar-refractivity contribution is -0.148. The Morgan fingerprint density at radius 3 is 2.50 bits per heavy atom. The van der Waals surface area contributed by atoms with Gasteiger partial charge in [0.25, 0.3) is 0 Å². The number of carbonyl (C=O) groups is 3. The van der Waals surface area contributed by atoms with Gasteiger partial charge in [-0.3, -0.25) is 4.79 Å². The van der Waals surface area contributed by atoms with Crippen LogP contribution in [-0.2, 0) is 25.7 Å². The number of rotatable bonds is 8. The molecule has 0 unspecified atom stereocenters. The van der Waals surface area contributed by atoms with Gasteiger partial charge >= 0.3 is 18.0 Å². The first-order valence-corrected chi connectivity index (χ1v) is 6.49. The molecule has 0 aliphatic carbocycles. The van der Waals surface area contributed by atoms with E-state index >= 15 is 0 Å². The van der Waals surface area contributed by atoms with Gasteiger partial charge in [0, 0.05) is 0 Å². The molecule has 1 aromatic rings. The second kappa shape index (κ2) is 9.17. The van der Waals surface area contributed by atoms with Gasteiger partial charge in [0.2, 0.25) is 0 Å². The number of carboxylic acid groups (broad SMARTS) is 1. The topological polar surface area (TPSA) is 102 Å². The van der Waals surface area contributed by atoms with Crippen LogP contribution in [0, 0.1) is 0 Å². The lowest BCUT2D eigenvalue weighted by Crippen LogP contribution is -2.42. The fourth-order valence-corrected chi connectivity index (χ4v) is 1.48. The smallest absolute Gasteiger partial charge is 0.408 e. The molecule has 1 rings (SSSR count). The Bertz CT molecular complexity index is 528. The summed E-state index contributed by atoms with van der Waals surface area (Å²) in [4.78, 5) is 33.9. The Morgan fingerprint density at radius 1 is 1.23 bits per heavy atom. The molecule has 118 valence electrons. The Balaban J connectivity index is 2.45. The van der Waals surface area contributed by atoms with Gasteiger partial charge in [-0.1, -0.05) is 43.0 Å². The summed E-state index contributed by atoms with van der Waals surface area (Å²) in [6, 6.07) is 7.49. The van der Waals surface area contributed by atoms with Crippen LogP contribution in [0.15, 0.2) is 43.0 Å². The monoisotopic (exact) mass is 307 g/mol. The van der Waals surface area contributed by atoms with Gasteiger partial charge in [0.15, 0.2) is 0 Å². The quantitative estimate of drug-likeness (QED) is 0.557. The summed E-state index contributed by atoms with van der Waals surface area (Å²) in [5.74, 6) is -2.11. The highest BCUT2D eigenvalue weighted by molar-refractivity contribution is 5.85. The van der Waals surface area contributed by atoms with Crippen molar-refractivity contribution in [1.82, 2.24) is 5.32 Å². The molecule has 0 aromatic heterocycles. The minimum Gasteiger partial charge on any atom is -0.480 e. The van der Waals surface area contributed by atoms with Gasteiger partial charge in [0.1, 0.15) is 19.3 Å². The molecular formula is C15H17NO6. The standard InChI is InChI=1S/C15H17NO6/c1-2-8-21-13(17)9-12(14(18)19)16-15(20)22-10-11-6-4-3-5-7-11/h2-7,12H,1,8-10H2,(H,16,20)(H,18,19)/t12-/m0/s1. The Hall–Kier alpha value is -2.83. The molecule has 0 aliphatic heterocycles. The van der Waals surface area contributed by atoms with E-state index in [1.54, 1.807) is 24.3 Å². The number of esters is 1. The van der Waals surface area contributed by atoms with Crippen molar-refractivity contribution in [2.24, 2.45) is 0 Å². The summed E-state index contributed by atoms with van der Waals surface area (Å²) in [5.41, 5.74) is 0.759. The Labute approximate surface area is 127 Å². The van der Waals surface area contributed by atoms with Crippen LogP contribution in [0.25, 0.3) is 0 Å².